The third-order valence-electron chi connectivity index (χ3n) is 4.02. The Morgan fingerprint density at radius 3 is 2.63 bits per heavy atom. The summed E-state index contributed by atoms with van der Waals surface area (Å²) in [4.78, 5) is 14.5. The summed E-state index contributed by atoms with van der Waals surface area (Å²) in [6, 6.07) is 3.69. The van der Waals surface area contributed by atoms with Crippen LogP contribution in [0.25, 0.3) is 10.9 Å². The standard InChI is InChI=1S/C15H18N2O2/c1-16-14(15(18)19)12-8-17-13-7-10-5-3-2-4-9(10)6-11(12)13/h6-8,14,16-17H,2-5H2,1H3,(H,18,19). The van der Waals surface area contributed by atoms with Gasteiger partial charge in [-0.15, -0.1) is 0 Å². The molecule has 0 saturated carbocycles. The summed E-state index contributed by atoms with van der Waals surface area (Å²) in [6.07, 6.45) is 6.53. The van der Waals surface area contributed by atoms with Crippen molar-refractivity contribution in [2.75, 3.05) is 7.05 Å². The molecule has 3 rings (SSSR count). The molecule has 0 bridgehead atoms. The van der Waals surface area contributed by atoms with Crippen LogP contribution in [0.15, 0.2) is 18.3 Å². The van der Waals surface area contributed by atoms with Gasteiger partial charge in [0.2, 0.25) is 0 Å². The predicted octanol–water partition coefficient (Wildman–Crippen LogP) is 2.39. The van der Waals surface area contributed by atoms with Crippen molar-refractivity contribution in [2.24, 2.45) is 0 Å². The summed E-state index contributed by atoms with van der Waals surface area (Å²) in [7, 11) is 1.68. The van der Waals surface area contributed by atoms with Crippen LogP contribution in [0.4, 0.5) is 0 Å². The van der Waals surface area contributed by atoms with Gasteiger partial charge in [0.25, 0.3) is 0 Å². The minimum atomic E-state index is -0.846. The zero-order chi connectivity index (χ0) is 13.4. The lowest BCUT2D eigenvalue weighted by Crippen LogP contribution is -2.24. The molecule has 1 unspecified atom stereocenters. The minimum Gasteiger partial charge on any atom is -0.480 e. The fraction of sp³-hybridized carbons (Fsp3) is 0.400. The molecule has 100 valence electrons. The fourth-order valence-corrected chi connectivity index (χ4v) is 3.03. The molecule has 0 saturated heterocycles. The van der Waals surface area contributed by atoms with E-state index in [0.717, 1.165) is 29.3 Å². The number of rotatable bonds is 3. The molecule has 4 heteroatoms. The van der Waals surface area contributed by atoms with Crippen LogP contribution >= 0.6 is 0 Å². The summed E-state index contributed by atoms with van der Waals surface area (Å²) in [5, 5.41) is 13.2. The lowest BCUT2D eigenvalue weighted by molar-refractivity contribution is -0.139. The Hall–Kier alpha value is -1.81. The van der Waals surface area contributed by atoms with Crippen LogP contribution in [0.5, 0.6) is 0 Å². The van der Waals surface area contributed by atoms with Crippen LogP contribution in [0.1, 0.15) is 35.6 Å². The second-order valence-corrected chi connectivity index (χ2v) is 5.18. The number of aromatic nitrogens is 1. The Morgan fingerprint density at radius 2 is 2.00 bits per heavy atom. The highest BCUT2D eigenvalue weighted by atomic mass is 16.4. The van der Waals surface area contributed by atoms with Crippen LogP contribution in [-0.4, -0.2) is 23.1 Å². The maximum absolute atomic E-state index is 11.3. The normalized spacial score (nSPS) is 16.3. The second-order valence-electron chi connectivity index (χ2n) is 5.18. The number of fused-ring (bicyclic) bond motifs is 2. The average Bonchev–Trinajstić information content (AvgIpc) is 2.80. The third-order valence-corrected chi connectivity index (χ3v) is 4.02. The number of benzene rings is 1. The molecule has 1 aliphatic rings. The molecule has 1 heterocycles. The van der Waals surface area contributed by atoms with E-state index in [2.05, 4.69) is 22.4 Å². The Balaban J connectivity index is 2.14. The van der Waals surface area contributed by atoms with Gasteiger partial charge < -0.3 is 15.4 Å². The zero-order valence-electron chi connectivity index (χ0n) is 11.0. The van der Waals surface area contributed by atoms with Gasteiger partial charge in [0.15, 0.2) is 0 Å². The number of carboxylic acid groups (broad SMARTS) is 1. The van der Waals surface area contributed by atoms with Gasteiger partial charge >= 0.3 is 5.97 Å². The number of H-pyrrole nitrogens is 1. The van der Waals surface area contributed by atoms with Crippen molar-refractivity contribution in [3.63, 3.8) is 0 Å². The molecule has 1 aromatic heterocycles. The second kappa shape index (κ2) is 4.70. The highest BCUT2D eigenvalue weighted by Crippen LogP contribution is 2.30. The van der Waals surface area contributed by atoms with Crippen molar-refractivity contribution in [2.45, 2.75) is 31.7 Å². The van der Waals surface area contributed by atoms with E-state index >= 15 is 0 Å². The van der Waals surface area contributed by atoms with Crippen LogP contribution in [0, 0.1) is 0 Å². The molecule has 1 aliphatic carbocycles. The Kier molecular flexibility index (Phi) is 3.03. The quantitative estimate of drug-likeness (QED) is 0.792. The molecule has 0 spiro atoms. The molecular weight excluding hydrogens is 240 g/mol. The molecule has 2 aromatic rings. The largest absolute Gasteiger partial charge is 0.480 e. The number of aryl methyl sites for hydroxylation is 2. The van der Waals surface area contributed by atoms with Crippen molar-refractivity contribution in [1.82, 2.24) is 10.3 Å². The van der Waals surface area contributed by atoms with Gasteiger partial charge in [-0.3, -0.25) is 4.79 Å². The average molecular weight is 258 g/mol. The number of carboxylic acids is 1. The number of hydrogen-bond donors (Lipinski definition) is 3. The van der Waals surface area contributed by atoms with Crippen molar-refractivity contribution in [1.29, 1.82) is 0 Å². The van der Waals surface area contributed by atoms with E-state index in [9.17, 15) is 9.90 Å². The van der Waals surface area contributed by atoms with Gasteiger partial charge in [-0.05, 0) is 56.0 Å². The molecule has 0 aliphatic heterocycles. The Morgan fingerprint density at radius 1 is 1.32 bits per heavy atom. The summed E-state index contributed by atoms with van der Waals surface area (Å²) < 4.78 is 0. The molecule has 3 N–H and O–H groups in total. The fourth-order valence-electron chi connectivity index (χ4n) is 3.03. The van der Waals surface area contributed by atoms with Gasteiger partial charge in [-0.2, -0.15) is 0 Å². The van der Waals surface area contributed by atoms with E-state index in [4.69, 9.17) is 0 Å². The van der Waals surface area contributed by atoms with Gasteiger partial charge in [-0.1, -0.05) is 0 Å². The maximum Gasteiger partial charge on any atom is 0.325 e. The van der Waals surface area contributed by atoms with Crippen molar-refractivity contribution >= 4 is 16.9 Å². The number of likely N-dealkylation sites (N-methyl/N-ethyl adjacent to an activating group) is 1. The molecular formula is C15H18N2O2. The van der Waals surface area contributed by atoms with E-state index < -0.39 is 12.0 Å². The monoisotopic (exact) mass is 258 g/mol. The molecule has 0 amide bonds. The Bertz CT molecular complexity index is 630. The third kappa shape index (κ3) is 2.02. The number of hydrogen-bond acceptors (Lipinski definition) is 2. The number of aliphatic carboxylic acids is 1. The minimum absolute atomic E-state index is 0.657. The summed E-state index contributed by atoms with van der Waals surface area (Å²) >= 11 is 0. The van der Waals surface area contributed by atoms with Crippen molar-refractivity contribution in [3.05, 3.63) is 35.0 Å². The van der Waals surface area contributed by atoms with E-state index in [0.29, 0.717) is 0 Å². The highest BCUT2D eigenvalue weighted by Gasteiger charge is 2.22. The lowest BCUT2D eigenvalue weighted by atomic mass is 9.90. The first-order chi connectivity index (χ1) is 9.20. The first-order valence-corrected chi connectivity index (χ1v) is 6.73. The van der Waals surface area contributed by atoms with E-state index in [1.54, 1.807) is 7.05 Å². The van der Waals surface area contributed by atoms with Crippen molar-refractivity contribution in [3.8, 4) is 0 Å². The van der Waals surface area contributed by atoms with Crippen LogP contribution < -0.4 is 5.32 Å². The summed E-state index contributed by atoms with van der Waals surface area (Å²) in [6.45, 7) is 0. The van der Waals surface area contributed by atoms with Gasteiger partial charge in [-0.25, -0.2) is 0 Å². The topological polar surface area (TPSA) is 65.1 Å². The lowest BCUT2D eigenvalue weighted by Gasteiger charge is -2.16. The zero-order valence-corrected chi connectivity index (χ0v) is 11.0. The number of carbonyl (C=O) groups is 1. The first-order valence-electron chi connectivity index (χ1n) is 6.73. The summed E-state index contributed by atoms with van der Waals surface area (Å²) in [5.74, 6) is -0.846. The van der Waals surface area contributed by atoms with Crippen LogP contribution in [0.3, 0.4) is 0 Å². The molecule has 4 nitrogen and oxygen atoms in total. The molecule has 1 aromatic carbocycles. The van der Waals surface area contributed by atoms with Gasteiger partial charge in [0, 0.05) is 22.7 Å². The van der Waals surface area contributed by atoms with Gasteiger partial charge in [0.1, 0.15) is 6.04 Å². The van der Waals surface area contributed by atoms with E-state index in [-0.39, 0.29) is 0 Å². The van der Waals surface area contributed by atoms with E-state index in [1.807, 2.05) is 6.20 Å². The van der Waals surface area contributed by atoms with E-state index in [1.165, 1.54) is 24.0 Å². The van der Waals surface area contributed by atoms with Crippen LogP contribution in [0.2, 0.25) is 0 Å². The molecule has 1 atom stereocenters. The predicted molar refractivity (Wildman–Crippen MR) is 74.4 cm³/mol. The van der Waals surface area contributed by atoms with Gasteiger partial charge in [0.05, 0.1) is 0 Å². The molecule has 0 radical (unpaired) electrons. The molecule has 19 heavy (non-hydrogen) atoms. The summed E-state index contributed by atoms with van der Waals surface area (Å²) in [5.41, 5.74) is 4.64. The maximum atomic E-state index is 11.3. The van der Waals surface area contributed by atoms with Crippen LogP contribution in [-0.2, 0) is 17.6 Å². The van der Waals surface area contributed by atoms with Crippen molar-refractivity contribution < 1.29 is 9.90 Å². The SMILES string of the molecule is CNC(C(=O)O)c1c[nH]c2cc3c(cc12)CCCC3. The Labute approximate surface area is 111 Å². The number of nitrogens with one attached hydrogen (secondary N) is 2. The molecule has 0 fully saturated rings. The smallest absolute Gasteiger partial charge is 0.325 e. The highest BCUT2D eigenvalue weighted by molar-refractivity contribution is 5.90. The number of aromatic amines is 1. The first kappa shape index (κ1) is 12.2.